The van der Waals surface area contributed by atoms with Gasteiger partial charge in [0.2, 0.25) is 9.84 Å². The van der Waals surface area contributed by atoms with E-state index in [-0.39, 0.29) is 16.4 Å². The highest BCUT2D eigenvalue weighted by atomic mass is 32.2. The number of hydrogen-bond donors (Lipinski definition) is 0. The standard InChI is InChI=1S/C16H12O4S/c17-16(12-6-2-1-3-7-12)20-11-14-10-13-8-4-5-9-15(13)21(14,18)19/h1-10H,11H2. The summed E-state index contributed by atoms with van der Waals surface area (Å²) in [4.78, 5) is 12.2. The molecule has 106 valence electrons. The van der Waals surface area contributed by atoms with Crippen molar-refractivity contribution in [1.29, 1.82) is 0 Å². The molecule has 21 heavy (non-hydrogen) atoms. The van der Waals surface area contributed by atoms with Crippen molar-refractivity contribution in [3.8, 4) is 0 Å². The van der Waals surface area contributed by atoms with Crippen LogP contribution in [0.25, 0.3) is 6.08 Å². The van der Waals surface area contributed by atoms with Crippen LogP contribution < -0.4 is 0 Å². The Morgan fingerprint density at radius 3 is 2.33 bits per heavy atom. The minimum atomic E-state index is -3.54. The van der Waals surface area contributed by atoms with Gasteiger partial charge in [-0.15, -0.1) is 0 Å². The molecule has 0 aliphatic carbocycles. The Labute approximate surface area is 122 Å². The third-order valence-electron chi connectivity index (χ3n) is 3.23. The van der Waals surface area contributed by atoms with Gasteiger partial charge in [0, 0.05) is 0 Å². The molecule has 2 aromatic rings. The van der Waals surface area contributed by atoms with Gasteiger partial charge in [-0.2, -0.15) is 0 Å². The zero-order valence-electron chi connectivity index (χ0n) is 11.0. The smallest absolute Gasteiger partial charge is 0.338 e. The topological polar surface area (TPSA) is 60.4 Å². The largest absolute Gasteiger partial charge is 0.456 e. The lowest BCUT2D eigenvalue weighted by Crippen LogP contribution is -2.11. The molecule has 0 fully saturated rings. The first-order valence-electron chi connectivity index (χ1n) is 6.36. The van der Waals surface area contributed by atoms with E-state index in [0.717, 1.165) is 0 Å². The average molecular weight is 300 g/mol. The summed E-state index contributed by atoms with van der Waals surface area (Å²) in [5, 5.41) is 0. The predicted molar refractivity (Wildman–Crippen MR) is 78.3 cm³/mol. The summed E-state index contributed by atoms with van der Waals surface area (Å²) in [6, 6.07) is 15.2. The molecule has 0 unspecified atom stereocenters. The molecule has 3 rings (SSSR count). The Morgan fingerprint density at radius 1 is 0.952 bits per heavy atom. The van der Waals surface area contributed by atoms with E-state index in [1.807, 2.05) is 0 Å². The highest BCUT2D eigenvalue weighted by Crippen LogP contribution is 2.32. The molecule has 1 aliphatic rings. The van der Waals surface area contributed by atoms with Crippen LogP contribution in [0.4, 0.5) is 0 Å². The summed E-state index contributed by atoms with van der Waals surface area (Å²) in [5.41, 5.74) is 1.02. The summed E-state index contributed by atoms with van der Waals surface area (Å²) >= 11 is 0. The molecule has 0 radical (unpaired) electrons. The first-order chi connectivity index (χ1) is 10.1. The third-order valence-corrected chi connectivity index (χ3v) is 5.10. The van der Waals surface area contributed by atoms with Crippen molar-refractivity contribution in [2.45, 2.75) is 4.90 Å². The van der Waals surface area contributed by atoms with Gasteiger partial charge >= 0.3 is 5.97 Å². The van der Waals surface area contributed by atoms with Gasteiger partial charge in [0.25, 0.3) is 0 Å². The van der Waals surface area contributed by atoms with Crippen LogP contribution in [0.3, 0.4) is 0 Å². The van der Waals surface area contributed by atoms with Gasteiger partial charge in [-0.05, 0) is 29.8 Å². The fraction of sp³-hybridized carbons (Fsp3) is 0.0625. The summed E-state index contributed by atoms with van der Waals surface area (Å²) < 4.78 is 29.6. The Bertz CT molecular complexity index is 820. The van der Waals surface area contributed by atoms with Crippen LogP contribution in [0.1, 0.15) is 15.9 Å². The molecule has 0 amide bonds. The minimum absolute atomic E-state index is 0.105. The number of hydrogen-bond acceptors (Lipinski definition) is 4. The van der Waals surface area contributed by atoms with Gasteiger partial charge < -0.3 is 4.74 Å². The Kier molecular flexibility index (Phi) is 3.35. The van der Waals surface area contributed by atoms with Crippen molar-refractivity contribution in [2.24, 2.45) is 0 Å². The van der Waals surface area contributed by atoms with Crippen molar-refractivity contribution in [1.82, 2.24) is 0 Å². The molecule has 0 bridgehead atoms. The lowest BCUT2D eigenvalue weighted by atomic mass is 10.2. The van der Waals surface area contributed by atoms with Crippen molar-refractivity contribution in [2.75, 3.05) is 6.61 Å². The molecule has 0 saturated carbocycles. The van der Waals surface area contributed by atoms with E-state index in [1.165, 1.54) is 0 Å². The molecule has 0 saturated heterocycles. The zero-order chi connectivity index (χ0) is 14.9. The molecule has 4 nitrogen and oxygen atoms in total. The number of carbonyl (C=O) groups is 1. The number of carbonyl (C=O) groups excluding carboxylic acids is 1. The minimum Gasteiger partial charge on any atom is -0.456 e. The van der Waals surface area contributed by atoms with Gasteiger partial charge in [-0.25, -0.2) is 13.2 Å². The molecule has 1 aliphatic heterocycles. The second-order valence-electron chi connectivity index (χ2n) is 4.59. The van der Waals surface area contributed by atoms with E-state index < -0.39 is 15.8 Å². The summed E-state index contributed by atoms with van der Waals surface area (Å²) in [5.74, 6) is -0.539. The van der Waals surface area contributed by atoms with Crippen LogP contribution in [0.2, 0.25) is 0 Å². The molecule has 0 atom stereocenters. The van der Waals surface area contributed by atoms with E-state index in [4.69, 9.17) is 4.74 Å². The fourth-order valence-electron chi connectivity index (χ4n) is 2.15. The molecule has 0 spiro atoms. The van der Waals surface area contributed by atoms with Gasteiger partial charge in [0.1, 0.15) is 6.61 Å². The number of ether oxygens (including phenoxy) is 1. The summed E-state index contributed by atoms with van der Waals surface area (Å²) in [6.07, 6.45) is 1.54. The van der Waals surface area contributed by atoms with Crippen molar-refractivity contribution in [3.05, 3.63) is 70.6 Å². The Morgan fingerprint density at radius 2 is 1.62 bits per heavy atom. The third kappa shape index (κ3) is 2.48. The molecule has 0 N–H and O–H groups in total. The lowest BCUT2D eigenvalue weighted by molar-refractivity contribution is 0.0547. The van der Waals surface area contributed by atoms with Crippen molar-refractivity contribution in [3.63, 3.8) is 0 Å². The van der Waals surface area contributed by atoms with Crippen LogP contribution in [0.15, 0.2) is 64.4 Å². The van der Waals surface area contributed by atoms with Gasteiger partial charge in [0.15, 0.2) is 0 Å². The molecule has 5 heteroatoms. The van der Waals surface area contributed by atoms with Crippen LogP contribution >= 0.6 is 0 Å². The maximum Gasteiger partial charge on any atom is 0.338 e. The highest BCUT2D eigenvalue weighted by molar-refractivity contribution is 7.95. The number of sulfone groups is 1. The predicted octanol–water partition coefficient (Wildman–Crippen LogP) is 2.67. The summed E-state index contributed by atoms with van der Waals surface area (Å²) in [6.45, 7) is -0.259. The van der Waals surface area contributed by atoms with Crippen LogP contribution in [0, 0.1) is 0 Å². The Hall–Kier alpha value is -2.40. The van der Waals surface area contributed by atoms with E-state index in [9.17, 15) is 13.2 Å². The van der Waals surface area contributed by atoms with Crippen LogP contribution in [-0.4, -0.2) is 21.0 Å². The average Bonchev–Trinajstić information content (AvgIpc) is 2.77. The molecular weight excluding hydrogens is 288 g/mol. The highest BCUT2D eigenvalue weighted by Gasteiger charge is 2.29. The van der Waals surface area contributed by atoms with Gasteiger partial charge in [-0.3, -0.25) is 0 Å². The normalized spacial score (nSPS) is 15.1. The zero-order valence-corrected chi connectivity index (χ0v) is 11.8. The molecule has 0 aromatic heterocycles. The molecule has 1 heterocycles. The maximum absolute atomic E-state index is 12.3. The van der Waals surface area contributed by atoms with Crippen molar-refractivity contribution >= 4 is 21.9 Å². The first-order valence-corrected chi connectivity index (χ1v) is 7.84. The molecular formula is C16H12O4S. The lowest BCUT2D eigenvalue weighted by Gasteiger charge is -2.06. The number of benzene rings is 2. The van der Waals surface area contributed by atoms with E-state index in [0.29, 0.717) is 11.1 Å². The SMILES string of the molecule is O=C(OCC1=Cc2ccccc2S1(=O)=O)c1ccccc1. The maximum atomic E-state index is 12.3. The second-order valence-corrected chi connectivity index (χ2v) is 6.57. The Balaban J connectivity index is 1.77. The fourth-order valence-corrected chi connectivity index (χ4v) is 3.62. The van der Waals surface area contributed by atoms with Gasteiger partial charge in [0.05, 0.1) is 15.4 Å². The second kappa shape index (κ2) is 5.18. The number of esters is 1. The van der Waals surface area contributed by atoms with E-state index in [1.54, 1.807) is 60.7 Å². The van der Waals surface area contributed by atoms with Gasteiger partial charge in [-0.1, -0.05) is 36.4 Å². The van der Waals surface area contributed by atoms with E-state index in [2.05, 4.69) is 0 Å². The van der Waals surface area contributed by atoms with E-state index >= 15 is 0 Å². The monoisotopic (exact) mass is 300 g/mol. The number of rotatable bonds is 3. The first kappa shape index (κ1) is 13.6. The summed E-state index contributed by atoms with van der Waals surface area (Å²) in [7, 11) is -3.54. The van der Waals surface area contributed by atoms with Crippen LogP contribution in [0.5, 0.6) is 0 Å². The quantitative estimate of drug-likeness (QED) is 0.818. The number of fused-ring (bicyclic) bond motifs is 1. The van der Waals surface area contributed by atoms with Crippen molar-refractivity contribution < 1.29 is 17.9 Å². The van der Waals surface area contributed by atoms with Crippen LogP contribution in [-0.2, 0) is 14.6 Å². The molecule has 2 aromatic carbocycles.